The molecular weight excluding hydrogens is 370 g/mol. The highest BCUT2D eigenvalue weighted by Crippen LogP contribution is 2.28. The molecule has 1 aromatic heterocycles. The van der Waals surface area contributed by atoms with Crippen molar-refractivity contribution in [2.24, 2.45) is 0 Å². The molecule has 2 aromatic carbocycles. The Labute approximate surface area is 169 Å². The van der Waals surface area contributed by atoms with Gasteiger partial charge in [-0.3, -0.25) is 14.2 Å². The summed E-state index contributed by atoms with van der Waals surface area (Å²) in [7, 11) is 1.59. The first kappa shape index (κ1) is 20.4. The van der Waals surface area contributed by atoms with Gasteiger partial charge in [-0.25, -0.2) is 4.98 Å². The number of likely N-dealkylation sites (N-methyl/N-ethyl adjacent to an activating group) is 1. The van der Waals surface area contributed by atoms with Crippen LogP contribution in [0.1, 0.15) is 19.4 Å². The molecule has 7 heteroatoms. The minimum Gasteiger partial charge on any atom is -0.493 e. The molecule has 3 aromatic rings. The predicted molar refractivity (Wildman–Crippen MR) is 111 cm³/mol. The molecule has 0 saturated carbocycles. The summed E-state index contributed by atoms with van der Waals surface area (Å²) in [6.45, 7) is 5.24. The molecule has 1 amide bonds. The third-order valence-corrected chi connectivity index (χ3v) is 4.67. The van der Waals surface area contributed by atoms with E-state index in [9.17, 15) is 9.59 Å². The number of hydrogen-bond donors (Lipinski definition) is 0. The Morgan fingerprint density at radius 1 is 1.14 bits per heavy atom. The fraction of sp³-hybridized carbons (Fsp3) is 0.318. The van der Waals surface area contributed by atoms with E-state index in [0.717, 1.165) is 5.56 Å². The van der Waals surface area contributed by atoms with E-state index in [0.29, 0.717) is 42.1 Å². The second-order valence-electron chi connectivity index (χ2n) is 6.52. The number of benzene rings is 2. The second kappa shape index (κ2) is 9.23. The number of hydrogen-bond acceptors (Lipinski definition) is 5. The van der Waals surface area contributed by atoms with E-state index in [1.165, 1.54) is 10.9 Å². The van der Waals surface area contributed by atoms with E-state index in [4.69, 9.17) is 9.47 Å². The van der Waals surface area contributed by atoms with Crippen molar-refractivity contribution >= 4 is 16.8 Å². The maximum Gasteiger partial charge on any atom is 0.261 e. The number of amides is 1. The molecule has 0 aliphatic carbocycles. The molecule has 1 heterocycles. The van der Waals surface area contributed by atoms with Crippen LogP contribution in [0.5, 0.6) is 11.5 Å². The largest absolute Gasteiger partial charge is 0.493 e. The normalized spacial score (nSPS) is 10.7. The zero-order valence-corrected chi connectivity index (χ0v) is 16.9. The Balaban J connectivity index is 1.77. The molecule has 3 rings (SSSR count). The van der Waals surface area contributed by atoms with Crippen molar-refractivity contribution in [3.63, 3.8) is 0 Å². The smallest absolute Gasteiger partial charge is 0.261 e. The van der Waals surface area contributed by atoms with Crippen LogP contribution in [0.2, 0.25) is 0 Å². The predicted octanol–water partition coefficient (Wildman–Crippen LogP) is 2.85. The lowest BCUT2D eigenvalue weighted by molar-refractivity contribution is -0.132. The fourth-order valence-corrected chi connectivity index (χ4v) is 3.15. The number of para-hydroxylation sites is 1. The molecule has 0 N–H and O–H groups in total. The van der Waals surface area contributed by atoms with Crippen molar-refractivity contribution in [2.45, 2.75) is 26.9 Å². The standard InChI is InChI=1S/C22H25N3O4/c1-4-24(13-16-10-11-19(29-5-2)20(12-16)28-3)21(26)14-25-15-23-18-9-7-6-8-17(18)22(25)27/h6-12,15H,4-5,13-14H2,1-3H3. The van der Waals surface area contributed by atoms with E-state index in [1.54, 1.807) is 30.2 Å². The van der Waals surface area contributed by atoms with Gasteiger partial charge >= 0.3 is 0 Å². The lowest BCUT2D eigenvalue weighted by atomic mass is 10.2. The van der Waals surface area contributed by atoms with E-state index in [2.05, 4.69) is 4.98 Å². The summed E-state index contributed by atoms with van der Waals surface area (Å²) in [6.07, 6.45) is 1.43. The van der Waals surface area contributed by atoms with E-state index < -0.39 is 0 Å². The Bertz CT molecular complexity index is 1060. The number of ether oxygens (including phenoxy) is 2. The molecule has 29 heavy (non-hydrogen) atoms. The molecule has 0 radical (unpaired) electrons. The molecule has 0 fully saturated rings. The van der Waals surface area contributed by atoms with Crippen LogP contribution in [0.3, 0.4) is 0 Å². The van der Waals surface area contributed by atoms with Crippen molar-refractivity contribution < 1.29 is 14.3 Å². The first-order chi connectivity index (χ1) is 14.1. The zero-order chi connectivity index (χ0) is 20.8. The molecule has 152 valence electrons. The number of methoxy groups -OCH3 is 1. The molecule has 7 nitrogen and oxygen atoms in total. The van der Waals surface area contributed by atoms with Crippen LogP contribution in [0.15, 0.2) is 53.6 Å². The first-order valence-electron chi connectivity index (χ1n) is 9.59. The average molecular weight is 395 g/mol. The monoisotopic (exact) mass is 395 g/mol. The highest BCUT2D eigenvalue weighted by Gasteiger charge is 2.16. The summed E-state index contributed by atoms with van der Waals surface area (Å²) in [5.41, 5.74) is 1.32. The summed E-state index contributed by atoms with van der Waals surface area (Å²) >= 11 is 0. The van der Waals surface area contributed by atoms with Gasteiger partial charge in [0.2, 0.25) is 5.91 Å². The quantitative estimate of drug-likeness (QED) is 0.586. The molecular formula is C22H25N3O4. The third-order valence-electron chi connectivity index (χ3n) is 4.67. The first-order valence-corrected chi connectivity index (χ1v) is 9.59. The minimum atomic E-state index is -0.220. The van der Waals surface area contributed by atoms with Crippen LogP contribution in [0.4, 0.5) is 0 Å². The van der Waals surface area contributed by atoms with Gasteiger partial charge in [-0.15, -0.1) is 0 Å². The summed E-state index contributed by atoms with van der Waals surface area (Å²) in [4.78, 5) is 31.4. The van der Waals surface area contributed by atoms with Crippen molar-refractivity contribution in [3.05, 3.63) is 64.7 Å². The summed E-state index contributed by atoms with van der Waals surface area (Å²) in [5.74, 6) is 1.14. The van der Waals surface area contributed by atoms with Crippen LogP contribution < -0.4 is 15.0 Å². The number of rotatable bonds is 8. The number of nitrogens with zero attached hydrogens (tertiary/aromatic N) is 3. The number of carbonyl (C=O) groups is 1. The summed E-state index contributed by atoms with van der Waals surface area (Å²) in [6, 6.07) is 12.7. The molecule has 0 bridgehead atoms. The Morgan fingerprint density at radius 3 is 2.66 bits per heavy atom. The average Bonchev–Trinajstić information content (AvgIpc) is 2.75. The van der Waals surface area contributed by atoms with Crippen molar-refractivity contribution in [3.8, 4) is 11.5 Å². The Morgan fingerprint density at radius 2 is 1.93 bits per heavy atom. The molecule has 0 unspecified atom stereocenters. The molecule has 0 aliphatic rings. The van der Waals surface area contributed by atoms with Gasteiger partial charge in [0.1, 0.15) is 6.54 Å². The summed E-state index contributed by atoms with van der Waals surface area (Å²) in [5, 5.41) is 0.502. The van der Waals surface area contributed by atoms with Crippen molar-refractivity contribution in [2.75, 3.05) is 20.3 Å². The lowest BCUT2D eigenvalue weighted by Crippen LogP contribution is -2.36. The molecule has 0 saturated heterocycles. The van der Waals surface area contributed by atoms with Crippen LogP contribution in [-0.2, 0) is 17.9 Å². The van der Waals surface area contributed by atoms with Gasteiger partial charge in [-0.05, 0) is 43.7 Å². The van der Waals surface area contributed by atoms with Crippen molar-refractivity contribution in [1.82, 2.24) is 14.5 Å². The van der Waals surface area contributed by atoms with Crippen LogP contribution >= 0.6 is 0 Å². The Hall–Kier alpha value is -3.35. The topological polar surface area (TPSA) is 73.7 Å². The van der Waals surface area contributed by atoms with Crippen LogP contribution in [0, 0.1) is 0 Å². The van der Waals surface area contributed by atoms with Crippen molar-refractivity contribution in [1.29, 1.82) is 0 Å². The minimum absolute atomic E-state index is 0.0569. The highest BCUT2D eigenvalue weighted by atomic mass is 16.5. The summed E-state index contributed by atoms with van der Waals surface area (Å²) < 4.78 is 12.3. The van der Waals surface area contributed by atoms with E-state index >= 15 is 0 Å². The molecule has 0 atom stereocenters. The lowest BCUT2D eigenvalue weighted by Gasteiger charge is -2.22. The van der Waals surface area contributed by atoms with Gasteiger partial charge in [0.15, 0.2) is 11.5 Å². The van der Waals surface area contributed by atoms with Crippen LogP contribution in [0.25, 0.3) is 10.9 Å². The van der Waals surface area contributed by atoms with Gasteiger partial charge in [-0.1, -0.05) is 18.2 Å². The van der Waals surface area contributed by atoms with Gasteiger partial charge in [0.05, 0.1) is 30.9 Å². The van der Waals surface area contributed by atoms with E-state index in [1.807, 2.05) is 38.1 Å². The fourth-order valence-electron chi connectivity index (χ4n) is 3.15. The van der Waals surface area contributed by atoms with Crippen LogP contribution in [-0.4, -0.2) is 40.6 Å². The van der Waals surface area contributed by atoms with Gasteiger partial charge in [-0.2, -0.15) is 0 Å². The van der Waals surface area contributed by atoms with Gasteiger partial charge in [0.25, 0.3) is 5.56 Å². The second-order valence-corrected chi connectivity index (χ2v) is 6.52. The number of fused-ring (bicyclic) bond motifs is 1. The van der Waals surface area contributed by atoms with E-state index in [-0.39, 0.29) is 18.0 Å². The molecule has 0 spiro atoms. The maximum atomic E-state index is 12.8. The van der Waals surface area contributed by atoms with Gasteiger partial charge in [0, 0.05) is 13.1 Å². The third kappa shape index (κ3) is 4.56. The van der Waals surface area contributed by atoms with Gasteiger partial charge < -0.3 is 14.4 Å². The Kier molecular flexibility index (Phi) is 6.49. The number of aromatic nitrogens is 2. The highest BCUT2D eigenvalue weighted by molar-refractivity contribution is 5.79. The molecule has 0 aliphatic heterocycles. The maximum absolute atomic E-state index is 12.8. The SMILES string of the molecule is CCOc1ccc(CN(CC)C(=O)Cn2cnc3ccccc3c2=O)cc1OC. The number of carbonyl (C=O) groups excluding carboxylic acids is 1. The zero-order valence-electron chi connectivity index (χ0n) is 16.9.